The van der Waals surface area contributed by atoms with Crippen molar-refractivity contribution in [3.63, 3.8) is 0 Å². The Hall–Kier alpha value is -1.94. The second kappa shape index (κ2) is 68.6. The van der Waals surface area contributed by atoms with Gasteiger partial charge in [-0.25, -0.2) is 9.13 Å². The molecular formula is C74H144O17P2. The summed E-state index contributed by atoms with van der Waals surface area (Å²) in [7, 11) is -9.90. The quantitative estimate of drug-likeness (QED) is 0.0222. The fraction of sp³-hybridized carbons (Fsp3) is 0.946. The molecular weight excluding hydrogens is 1220 g/mol. The van der Waals surface area contributed by atoms with E-state index in [4.69, 9.17) is 37.0 Å². The van der Waals surface area contributed by atoms with Crippen LogP contribution < -0.4 is 0 Å². The Morgan fingerprint density at radius 3 is 0.634 bits per heavy atom. The van der Waals surface area contributed by atoms with Gasteiger partial charge in [0, 0.05) is 25.7 Å². The number of aliphatic hydroxyl groups excluding tert-OH is 1. The predicted octanol–water partition coefficient (Wildman–Crippen LogP) is 21.8. The minimum atomic E-state index is -4.95. The molecule has 93 heavy (non-hydrogen) atoms. The van der Waals surface area contributed by atoms with E-state index in [1.807, 2.05) is 0 Å². The Morgan fingerprint density at radius 2 is 0.430 bits per heavy atom. The first kappa shape index (κ1) is 91.1. The minimum Gasteiger partial charge on any atom is -0.462 e. The van der Waals surface area contributed by atoms with Crippen LogP contribution in [0.1, 0.15) is 394 Å². The van der Waals surface area contributed by atoms with E-state index in [9.17, 15) is 43.2 Å². The normalized spacial score (nSPS) is 13.9. The van der Waals surface area contributed by atoms with Gasteiger partial charge in [0.1, 0.15) is 19.3 Å². The second-order valence-electron chi connectivity index (χ2n) is 26.7. The molecule has 19 heteroatoms. The maximum atomic E-state index is 13.1. The van der Waals surface area contributed by atoms with E-state index in [0.717, 1.165) is 89.9 Å². The lowest BCUT2D eigenvalue weighted by molar-refractivity contribution is -0.161. The van der Waals surface area contributed by atoms with Crippen LogP contribution >= 0.6 is 15.6 Å². The molecule has 552 valence electrons. The van der Waals surface area contributed by atoms with Crippen molar-refractivity contribution in [3.05, 3.63) is 0 Å². The van der Waals surface area contributed by atoms with Crippen LogP contribution in [0.25, 0.3) is 0 Å². The SMILES string of the molecule is CCCCCCCCCCCCCCCCCCCC(=O)O[C@H](COC(=O)CCCCCCCCCCCCCCC)COP(=O)(O)OCC(O)COP(=O)(O)OC[C@@H](COC(=O)CCCCCCCCCCCCC)OC(=O)CCCCCCCCCCCCCC. The second-order valence-corrected chi connectivity index (χ2v) is 29.6. The number of unbranched alkanes of at least 4 members (excludes halogenated alkanes) is 49. The van der Waals surface area contributed by atoms with Crippen LogP contribution in [0.15, 0.2) is 0 Å². The zero-order chi connectivity index (χ0) is 68.2. The molecule has 0 rings (SSSR count). The third kappa shape index (κ3) is 68.4. The summed E-state index contributed by atoms with van der Waals surface area (Å²) in [6.07, 6.45) is 58.0. The highest BCUT2D eigenvalue weighted by Gasteiger charge is 2.30. The highest BCUT2D eigenvalue weighted by Crippen LogP contribution is 2.45. The zero-order valence-corrected chi connectivity index (χ0v) is 62.0. The molecule has 0 heterocycles. The summed E-state index contributed by atoms with van der Waals surface area (Å²) in [5, 5.41) is 10.6. The Bertz CT molecular complexity index is 1770. The lowest BCUT2D eigenvalue weighted by Gasteiger charge is -2.21. The van der Waals surface area contributed by atoms with E-state index in [-0.39, 0.29) is 25.7 Å². The van der Waals surface area contributed by atoms with Crippen LogP contribution in [0.4, 0.5) is 0 Å². The molecule has 0 aromatic rings. The van der Waals surface area contributed by atoms with Gasteiger partial charge in [-0.05, 0) is 25.7 Å². The summed E-state index contributed by atoms with van der Waals surface area (Å²) in [6, 6.07) is 0. The highest BCUT2D eigenvalue weighted by molar-refractivity contribution is 7.47. The number of hydrogen-bond donors (Lipinski definition) is 3. The van der Waals surface area contributed by atoms with Gasteiger partial charge in [0.2, 0.25) is 0 Å². The van der Waals surface area contributed by atoms with Gasteiger partial charge in [-0.15, -0.1) is 0 Å². The van der Waals surface area contributed by atoms with Crippen molar-refractivity contribution in [1.82, 2.24) is 0 Å². The topological polar surface area (TPSA) is 237 Å². The van der Waals surface area contributed by atoms with Crippen LogP contribution in [-0.4, -0.2) is 96.7 Å². The Morgan fingerprint density at radius 1 is 0.258 bits per heavy atom. The molecule has 0 amide bonds. The van der Waals surface area contributed by atoms with E-state index in [0.29, 0.717) is 25.7 Å². The molecule has 0 aliphatic rings. The largest absolute Gasteiger partial charge is 0.472 e. The fourth-order valence-electron chi connectivity index (χ4n) is 11.4. The molecule has 3 N–H and O–H groups in total. The van der Waals surface area contributed by atoms with Gasteiger partial charge in [0.25, 0.3) is 0 Å². The zero-order valence-electron chi connectivity index (χ0n) is 60.2. The molecule has 0 aromatic heterocycles. The third-order valence-corrected chi connectivity index (χ3v) is 19.3. The number of aliphatic hydroxyl groups is 1. The van der Waals surface area contributed by atoms with Crippen LogP contribution in [0.3, 0.4) is 0 Å². The molecule has 0 saturated heterocycles. The summed E-state index contributed by atoms with van der Waals surface area (Å²) >= 11 is 0. The van der Waals surface area contributed by atoms with Crippen molar-refractivity contribution in [2.45, 2.75) is 412 Å². The molecule has 5 atom stereocenters. The van der Waals surface area contributed by atoms with Crippen molar-refractivity contribution in [2.75, 3.05) is 39.6 Å². The molecule has 0 aliphatic heterocycles. The lowest BCUT2D eigenvalue weighted by Crippen LogP contribution is -2.30. The predicted molar refractivity (Wildman–Crippen MR) is 377 cm³/mol. The maximum absolute atomic E-state index is 13.1. The van der Waals surface area contributed by atoms with Crippen molar-refractivity contribution in [1.29, 1.82) is 0 Å². The average molecular weight is 1370 g/mol. The van der Waals surface area contributed by atoms with Crippen LogP contribution in [0.5, 0.6) is 0 Å². The molecule has 0 bridgehead atoms. The Kier molecular flexibility index (Phi) is 67.1. The van der Waals surface area contributed by atoms with Gasteiger partial charge < -0.3 is 33.8 Å². The van der Waals surface area contributed by atoms with Crippen molar-refractivity contribution >= 4 is 39.5 Å². The van der Waals surface area contributed by atoms with Crippen molar-refractivity contribution in [3.8, 4) is 0 Å². The molecule has 3 unspecified atom stereocenters. The van der Waals surface area contributed by atoms with E-state index in [1.54, 1.807) is 0 Å². The molecule has 0 fully saturated rings. The summed E-state index contributed by atoms with van der Waals surface area (Å²) in [5.41, 5.74) is 0. The van der Waals surface area contributed by atoms with E-state index >= 15 is 0 Å². The molecule has 0 spiro atoms. The smallest absolute Gasteiger partial charge is 0.462 e. The van der Waals surface area contributed by atoms with Crippen LogP contribution in [0, 0.1) is 0 Å². The molecule has 0 aliphatic carbocycles. The maximum Gasteiger partial charge on any atom is 0.472 e. The highest BCUT2D eigenvalue weighted by atomic mass is 31.2. The van der Waals surface area contributed by atoms with Gasteiger partial charge in [-0.1, -0.05) is 342 Å². The molecule has 17 nitrogen and oxygen atoms in total. The number of phosphoric acid groups is 2. The van der Waals surface area contributed by atoms with Gasteiger partial charge in [0.15, 0.2) is 12.2 Å². The van der Waals surface area contributed by atoms with Gasteiger partial charge in [-0.2, -0.15) is 0 Å². The number of carbonyl (C=O) groups excluding carboxylic acids is 4. The number of phosphoric ester groups is 2. The van der Waals surface area contributed by atoms with Gasteiger partial charge in [-0.3, -0.25) is 37.3 Å². The Balaban J connectivity index is 5.24. The van der Waals surface area contributed by atoms with E-state index in [2.05, 4.69) is 27.7 Å². The summed E-state index contributed by atoms with van der Waals surface area (Å²) in [5.74, 6) is -2.11. The first-order valence-corrected chi connectivity index (χ1v) is 41.8. The Labute approximate surface area is 568 Å². The van der Waals surface area contributed by atoms with Crippen molar-refractivity contribution in [2.24, 2.45) is 0 Å². The number of ether oxygens (including phenoxy) is 4. The summed E-state index contributed by atoms with van der Waals surface area (Å²) < 4.78 is 68.5. The van der Waals surface area contributed by atoms with Gasteiger partial charge >= 0.3 is 39.5 Å². The first-order valence-electron chi connectivity index (χ1n) is 38.8. The fourth-order valence-corrected chi connectivity index (χ4v) is 13.0. The van der Waals surface area contributed by atoms with E-state index in [1.165, 1.54) is 225 Å². The standard InChI is InChI=1S/C74H144O17P2/c1-5-9-13-17-21-25-29-32-33-34-35-37-41-45-49-53-57-61-74(79)91-70(65-85-72(77)59-55-51-47-43-40-36-30-26-22-18-14-10-6-2)67-89-93(82,83)87-63-68(75)62-86-92(80,81)88-66-69(64-84-71(76)58-54-50-46-42-38-28-24-20-16-12-8-4)90-73(78)60-56-52-48-44-39-31-27-23-19-15-11-7-3/h68-70,75H,5-67H2,1-4H3,(H,80,81)(H,82,83)/t68?,69-,70-/m1/s1. The number of rotatable bonds is 75. The molecule has 0 radical (unpaired) electrons. The monoisotopic (exact) mass is 1370 g/mol. The van der Waals surface area contributed by atoms with Crippen LogP contribution in [-0.2, 0) is 65.4 Å². The van der Waals surface area contributed by atoms with Gasteiger partial charge in [0.05, 0.1) is 26.4 Å². The summed E-state index contributed by atoms with van der Waals surface area (Å²) in [4.78, 5) is 72.7. The number of carbonyl (C=O) groups is 4. The molecule has 0 saturated carbocycles. The van der Waals surface area contributed by atoms with E-state index < -0.39 is 97.5 Å². The number of esters is 4. The third-order valence-electron chi connectivity index (χ3n) is 17.4. The number of hydrogen-bond acceptors (Lipinski definition) is 15. The minimum absolute atomic E-state index is 0.108. The van der Waals surface area contributed by atoms with Crippen LogP contribution in [0.2, 0.25) is 0 Å². The average Bonchev–Trinajstić information content (AvgIpc) is 3.65. The summed E-state index contributed by atoms with van der Waals surface area (Å²) in [6.45, 7) is 4.98. The van der Waals surface area contributed by atoms with Crippen molar-refractivity contribution < 1.29 is 80.2 Å². The molecule has 0 aromatic carbocycles. The lowest BCUT2D eigenvalue weighted by atomic mass is 10.0. The first-order chi connectivity index (χ1) is 45.2.